The molecule has 1 amide bonds. The number of nitrogens with one attached hydrogen (secondary N) is 2. The zero-order chi connectivity index (χ0) is 19.9. The van der Waals surface area contributed by atoms with Crippen LogP contribution in [0.4, 0.5) is 4.79 Å². The molecule has 0 bridgehead atoms. The van der Waals surface area contributed by atoms with E-state index in [1.165, 1.54) is 0 Å². The summed E-state index contributed by atoms with van der Waals surface area (Å²) in [5.74, 6) is 1.54. The monoisotopic (exact) mass is 504 g/mol. The van der Waals surface area contributed by atoms with E-state index in [0.717, 1.165) is 24.2 Å². The summed E-state index contributed by atoms with van der Waals surface area (Å²) < 4.78 is 10.7. The molecule has 1 aromatic carbocycles. The van der Waals surface area contributed by atoms with Crippen LogP contribution in [0.3, 0.4) is 0 Å². The maximum absolute atomic E-state index is 12.4. The number of aliphatic imine (C=N–C) groups is 1. The molecule has 0 aromatic heterocycles. The molecule has 2 rings (SSSR count). The zero-order valence-corrected chi connectivity index (χ0v) is 19.8. The number of carbonyl (C=O) groups excluding carboxylic acids is 1. The van der Waals surface area contributed by atoms with Gasteiger partial charge in [0.25, 0.3) is 0 Å². The lowest BCUT2D eigenvalue weighted by Gasteiger charge is -2.27. The molecule has 0 heterocycles. The number of hydrogen-bond acceptors (Lipinski definition) is 4. The van der Waals surface area contributed by atoms with Gasteiger partial charge in [0.05, 0.1) is 7.11 Å². The molecule has 0 atom stereocenters. The van der Waals surface area contributed by atoms with Crippen molar-refractivity contribution in [1.29, 1.82) is 0 Å². The van der Waals surface area contributed by atoms with Gasteiger partial charge in [0.2, 0.25) is 0 Å². The molecule has 2 N–H and O–H groups in total. The van der Waals surface area contributed by atoms with Crippen LogP contribution in [0.2, 0.25) is 0 Å². The summed E-state index contributed by atoms with van der Waals surface area (Å²) in [6.07, 6.45) is 1.85. The Morgan fingerprint density at radius 1 is 1.21 bits per heavy atom. The van der Waals surface area contributed by atoms with Crippen LogP contribution in [0, 0.1) is 0 Å². The summed E-state index contributed by atoms with van der Waals surface area (Å²) in [6, 6.07) is 8.19. The molecule has 1 fully saturated rings. The van der Waals surface area contributed by atoms with Gasteiger partial charge in [-0.15, -0.1) is 24.0 Å². The first-order chi connectivity index (χ1) is 12.8. The second-order valence-electron chi connectivity index (χ2n) is 7.61. The summed E-state index contributed by atoms with van der Waals surface area (Å²) in [6.45, 7) is 7.51. The SMILES string of the molecule is CN=C(NCCN(C(=O)OC(C)(C)C)C1CC1)NCc1ccc(OC)cc1.I. The third-order valence-electron chi connectivity index (χ3n) is 4.10. The molecule has 1 saturated carbocycles. The Hall–Kier alpha value is -1.71. The molecule has 158 valence electrons. The van der Waals surface area contributed by atoms with Crippen LogP contribution in [0.5, 0.6) is 5.75 Å². The average Bonchev–Trinajstić information content (AvgIpc) is 3.45. The van der Waals surface area contributed by atoms with Gasteiger partial charge in [-0.2, -0.15) is 0 Å². The minimum Gasteiger partial charge on any atom is -0.497 e. The second-order valence-corrected chi connectivity index (χ2v) is 7.61. The molecular formula is C20H33IN4O3. The fourth-order valence-electron chi connectivity index (χ4n) is 2.57. The molecule has 0 unspecified atom stereocenters. The van der Waals surface area contributed by atoms with Crippen molar-refractivity contribution in [1.82, 2.24) is 15.5 Å². The zero-order valence-electron chi connectivity index (χ0n) is 17.4. The Morgan fingerprint density at radius 3 is 2.36 bits per heavy atom. The molecule has 0 aliphatic heterocycles. The smallest absolute Gasteiger partial charge is 0.410 e. The van der Waals surface area contributed by atoms with Gasteiger partial charge in [-0.25, -0.2) is 4.79 Å². The maximum Gasteiger partial charge on any atom is 0.410 e. The number of carbonyl (C=O) groups is 1. The van der Waals surface area contributed by atoms with Gasteiger partial charge in [-0.05, 0) is 51.3 Å². The van der Waals surface area contributed by atoms with Crippen LogP contribution in [0.25, 0.3) is 0 Å². The molecule has 0 saturated heterocycles. The predicted molar refractivity (Wildman–Crippen MR) is 123 cm³/mol. The summed E-state index contributed by atoms with van der Waals surface area (Å²) in [4.78, 5) is 18.4. The van der Waals surface area contributed by atoms with Crippen molar-refractivity contribution < 1.29 is 14.3 Å². The predicted octanol–water partition coefficient (Wildman–Crippen LogP) is 3.38. The van der Waals surface area contributed by atoms with Gasteiger partial charge in [0, 0.05) is 32.7 Å². The van der Waals surface area contributed by atoms with E-state index < -0.39 is 5.60 Å². The van der Waals surface area contributed by atoms with Crippen molar-refractivity contribution in [2.24, 2.45) is 4.99 Å². The highest BCUT2D eigenvalue weighted by atomic mass is 127. The van der Waals surface area contributed by atoms with Gasteiger partial charge in [0.1, 0.15) is 11.4 Å². The van der Waals surface area contributed by atoms with E-state index in [-0.39, 0.29) is 30.1 Å². The number of guanidine groups is 1. The average molecular weight is 504 g/mol. The maximum atomic E-state index is 12.4. The highest BCUT2D eigenvalue weighted by Gasteiger charge is 2.34. The summed E-state index contributed by atoms with van der Waals surface area (Å²) >= 11 is 0. The van der Waals surface area contributed by atoms with E-state index in [2.05, 4.69) is 15.6 Å². The van der Waals surface area contributed by atoms with Crippen molar-refractivity contribution in [3.8, 4) is 5.75 Å². The minimum atomic E-state index is -0.479. The second kappa shape index (κ2) is 11.3. The Bertz CT molecular complexity index is 640. The Labute approximate surface area is 185 Å². The number of ether oxygens (including phenoxy) is 2. The lowest BCUT2D eigenvalue weighted by Crippen LogP contribution is -2.45. The van der Waals surface area contributed by atoms with Gasteiger partial charge in [-0.1, -0.05) is 12.1 Å². The third-order valence-corrected chi connectivity index (χ3v) is 4.10. The Balaban J connectivity index is 0.00000392. The van der Waals surface area contributed by atoms with E-state index in [1.54, 1.807) is 14.2 Å². The fraction of sp³-hybridized carbons (Fsp3) is 0.600. The fourth-order valence-corrected chi connectivity index (χ4v) is 2.57. The van der Waals surface area contributed by atoms with Crippen LogP contribution in [0.15, 0.2) is 29.3 Å². The van der Waals surface area contributed by atoms with Gasteiger partial charge in [-0.3, -0.25) is 4.99 Å². The largest absolute Gasteiger partial charge is 0.497 e. The standard InChI is InChI=1S/C20H32N4O3.HI/c1-20(2,3)27-19(25)24(16-8-9-16)13-12-22-18(21-4)23-14-15-6-10-17(26-5)11-7-15;/h6-7,10-11,16H,8-9,12-14H2,1-5H3,(H2,21,22,23);1H. The van der Waals surface area contributed by atoms with E-state index >= 15 is 0 Å². The van der Waals surface area contributed by atoms with Crippen LogP contribution in [0.1, 0.15) is 39.2 Å². The number of rotatable bonds is 7. The Kier molecular flexibility index (Phi) is 9.84. The van der Waals surface area contributed by atoms with Crippen LogP contribution < -0.4 is 15.4 Å². The number of nitrogens with zero attached hydrogens (tertiary/aromatic N) is 2. The van der Waals surface area contributed by atoms with E-state index in [1.807, 2.05) is 49.9 Å². The molecular weight excluding hydrogens is 471 g/mol. The van der Waals surface area contributed by atoms with Crippen molar-refractivity contribution in [2.75, 3.05) is 27.2 Å². The molecule has 1 aliphatic carbocycles. The van der Waals surface area contributed by atoms with Crippen molar-refractivity contribution in [3.63, 3.8) is 0 Å². The Morgan fingerprint density at radius 2 is 1.86 bits per heavy atom. The van der Waals surface area contributed by atoms with Gasteiger partial charge >= 0.3 is 6.09 Å². The lowest BCUT2D eigenvalue weighted by atomic mass is 10.2. The molecule has 8 heteroatoms. The van der Waals surface area contributed by atoms with E-state index in [9.17, 15) is 4.79 Å². The first-order valence-electron chi connectivity index (χ1n) is 9.39. The summed E-state index contributed by atoms with van der Waals surface area (Å²) in [7, 11) is 3.39. The van der Waals surface area contributed by atoms with Crippen molar-refractivity contribution >= 4 is 36.0 Å². The third kappa shape index (κ3) is 8.53. The number of halogens is 1. The topological polar surface area (TPSA) is 75.2 Å². The normalized spacial score (nSPS) is 14.0. The molecule has 1 aliphatic rings. The number of methoxy groups -OCH3 is 1. The van der Waals surface area contributed by atoms with Gasteiger partial charge < -0.3 is 25.0 Å². The first kappa shape index (κ1) is 24.3. The highest BCUT2D eigenvalue weighted by Crippen LogP contribution is 2.28. The highest BCUT2D eigenvalue weighted by molar-refractivity contribution is 14.0. The molecule has 7 nitrogen and oxygen atoms in total. The number of hydrogen-bond donors (Lipinski definition) is 2. The molecule has 28 heavy (non-hydrogen) atoms. The summed E-state index contributed by atoms with van der Waals surface area (Å²) in [5.41, 5.74) is 0.653. The summed E-state index contributed by atoms with van der Waals surface area (Å²) in [5, 5.41) is 6.53. The minimum absolute atomic E-state index is 0. The van der Waals surface area contributed by atoms with E-state index in [0.29, 0.717) is 31.6 Å². The number of amides is 1. The van der Waals surface area contributed by atoms with Gasteiger partial charge in [0.15, 0.2) is 5.96 Å². The van der Waals surface area contributed by atoms with Crippen LogP contribution >= 0.6 is 24.0 Å². The molecule has 0 spiro atoms. The van der Waals surface area contributed by atoms with Crippen molar-refractivity contribution in [3.05, 3.63) is 29.8 Å². The quantitative estimate of drug-likeness (QED) is 0.339. The van der Waals surface area contributed by atoms with Crippen molar-refractivity contribution in [2.45, 2.75) is 51.8 Å². The molecule has 0 radical (unpaired) electrons. The lowest BCUT2D eigenvalue weighted by molar-refractivity contribution is 0.0238. The van der Waals surface area contributed by atoms with Crippen LogP contribution in [-0.2, 0) is 11.3 Å². The first-order valence-corrected chi connectivity index (χ1v) is 9.39. The van der Waals surface area contributed by atoms with Crippen LogP contribution in [-0.4, -0.2) is 55.8 Å². The number of benzene rings is 1. The molecule has 1 aromatic rings. The van der Waals surface area contributed by atoms with E-state index in [4.69, 9.17) is 9.47 Å².